The van der Waals surface area contributed by atoms with Crippen molar-refractivity contribution in [1.82, 2.24) is 0 Å². The highest BCUT2D eigenvalue weighted by atomic mass is 32.2. The van der Waals surface area contributed by atoms with Gasteiger partial charge in [-0.15, -0.1) is 0 Å². The van der Waals surface area contributed by atoms with Crippen LogP contribution in [0.1, 0.15) is 24.0 Å². The fraction of sp³-hybridized carbons (Fsp3) is 0.154. The molecule has 0 radical (unpaired) electrons. The molecule has 1 aromatic carbocycles. The van der Waals surface area contributed by atoms with Gasteiger partial charge in [0.15, 0.2) is 0 Å². The molecule has 0 amide bonds. The Hall–Kier alpha value is -1.68. The smallest absolute Gasteiger partial charge is 0.199 e. The number of rotatable bonds is 0. The molecule has 1 aliphatic heterocycles. The maximum absolute atomic E-state index is 12.0. The van der Waals surface area contributed by atoms with Gasteiger partial charge in [-0.3, -0.25) is 0 Å². The molecule has 3 rings (SSSR count). The Morgan fingerprint density at radius 3 is 2.88 bits per heavy atom. The van der Waals surface area contributed by atoms with Crippen molar-refractivity contribution in [1.29, 1.82) is 0 Å². The average Bonchev–Trinajstić information content (AvgIpc) is 2.47. The maximum Gasteiger partial charge on any atom is 0.282 e. The van der Waals surface area contributed by atoms with E-state index in [2.05, 4.69) is 4.40 Å². The maximum atomic E-state index is 12.0. The third kappa shape index (κ3) is 1.65. The van der Waals surface area contributed by atoms with E-state index in [1.807, 2.05) is 30.3 Å². The zero-order valence-corrected chi connectivity index (χ0v) is 9.94. The lowest BCUT2D eigenvalue weighted by atomic mass is 9.94. The zero-order chi connectivity index (χ0) is 11.9. The molecule has 3 nitrogen and oxygen atoms in total. The third-order valence-corrected chi connectivity index (χ3v) is 4.34. The lowest BCUT2D eigenvalue weighted by Crippen LogP contribution is -2.03. The third-order valence-electron chi connectivity index (χ3n) is 3.02. The summed E-state index contributed by atoms with van der Waals surface area (Å²) in [5.41, 5.74) is 2.74. The monoisotopic (exact) mass is 245 g/mol. The molecule has 17 heavy (non-hydrogen) atoms. The molecule has 1 aliphatic carbocycles. The summed E-state index contributed by atoms with van der Waals surface area (Å²) >= 11 is 0. The molecule has 2 aliphatic rings. The molecule has 0 saturated heterocycles. The zero-order valence-electron chi connectivity index (χ0n) is 9.13. The number of nitrogens with zero attached hydrogens (tertiary/aromatic N) is 1. The van der Waals surface area contributed by atoms with Crippen molar-refractivity contribution in [3.05, 3.63) is 52.4 Å². The molecule has 0 spiro atoms. The van der Waals surface area contributed by atoms with Gasteiger partial charge in [0.2, 0.25) is 0 Å². The first kappa shape index (κ1) is 10.5. The van der Waals surface area contributed by atoms with Crippen LogP contribution in [0.2, 0.25) is 0 Å². The van der Waals surface area contributed by atoms with Crippen LogP contribution in [0.15, 0.2) is 45.7 Å². The second-order valence-electron chi connectivity index (χ2n) is 4.08. The number of allylic oxidation sites excluding steroid dienone is 3. The number of benzene rings is 1. The Morgan fingerprint density at radius 1 is 1.18 bits per heavy atom. The van der Waals surface area contributed by atoms with E-state index >= 15 is 0 Å². The van der Waals surface area contributed by atoms with E-state index in [0.29, 0.717) is 4.91 Å². The van der Waals surface area contributed by atoms with Crippen molar-refractivity contribution in [2.75, 3.05) is 0 Å². The number of hydrogen-bond donors (Lipinski definition) is 0. The molecule has 0 atom stereocenters. The second-order valence-corrected chi connectivity index (χ2v) is 5.68. The van der Waals surface area contributed by atoms with Gasteiger partial charge in [-0.1, -0.05) is 30.3 Å². The number of fused-ring (bicyclic) bond motifs is 2. The van der Waals surface area contributed by atoms with E-state index in [9.17, 15) is 8.42 Å². The standard InChI is InChI=1S/C13H11NO2S/c15-17(16)13-8-4-3-7-12(13)11-6-2-1-5-10(11)9-14-17/h1-2,4-6,8-9H,3,7H2. The highest BCUT2D eigenvalue weighted by Gasteiger charge is 2.25. The number of sulfonamides is 1. The topological polar surface area (TPSA) is 46.5 Å². The summed E-state index contributed by atoms with van der Waals surface area (Å²) in [6.07, 6.45) is 6.64. The largest absolute Gasteiger partial charge is 0.282 e. The van der Waals surface area contributed by atoms with Crippen LogP contribution in [0.5, 0.6) is 0 Å². The summed E-state index contributed by atoms with van der Waals surface area (Å²) < 4.78 is 27.7. The first-order valence-electron chi connectivity index (χ1n) is 5.48. The number of hydrogen-bond acceptors (Lipinski definition) is 2. The molecule has 0 unspecified atom stereocenters. The van der Waals surface area contributed by atoms with E-state index < -0.39 is 10.0 Å². The normalized spacial score (nSPS) is 20.7. The van der Waals surface area contributed by atoms with Crippen LogP contribution in [0, 0.1) is 0 Å². The van der Waals surface area contributed by atoms with Gasteiger partial charge in [-0.05, 0) is 30.1 Å². The first-order valence-corrected chi connectivity index (χ1v) is 6.92. The Kier molecular flexibility index (Phi) is 2.26. The van der Waals surface area contributed by atoms with Crippen molar-refractivity contribution in [2.45, 2.75) is 12.8 Å². The lowest BCUT2D eigenvalue weighted by Gasteiger charge is -2.14. The van der Waals surface area contributed by atoms with Crippen LogP contribution >= 0.6 is 0 Å². The van der Waals surface area contributed by atoms with Crippen LogP contribution < -0.4 is 0 Å². The first-order chi connectivity index (χ1) is 8.18. The van der Waals surface area contributed by atoms with Gasteiger partial charge in [-0.2, -0.15) is 12.8 Å². The molecule has 0 saturated carbocycles. The fourth-order valence-electron chi connectivity index (χ4n) is 2.22. The summed E-state index contributed by atoms with van der Waals surface area (Å²) in [7, 11) is -3.53. The van der Waals surface area contributed by atoms with Crippen LogP contribution in [0.25, 0.3) is 5.57 Å². The van der Waals surface area contributed by atoms with Gasteiger partial charge < -0.3 is 0 Å². The van der Waals surface area contributed by atoms with Gasteiger partial charge in [0.1, 0.15) is 0 Å². The minimum absolute atomic E-state index is 0.352. The summed E-state index contributed by atoms with van der Waals surface area (Å²) in [5.74, 6) is 0. The van der Waals surface area contributed by atoms with Crippen LogP contribution in [0.4, 0.5) is 0 Å². The van der Waals surface area contributed by atoms with E-state index in [4.69, 9.17) is 0 Å². The molecule has 0 aromatic heterocycles. The van der Waals surface area contributed by atoms with Crippen LogP contribution in [0.3, 0.4) is 0 Å². The van der Waals surface area contributed by atoms with Crippen LogP contribution in [-0.4, -0.2) is 14.6 Å². The van der Waals surface area contributed by atoms with Crippen LogP contribution in [-0.2, 0) is 10.0 Å². The minimum atomic E-state index is -3.53. The van der Waals surface area contributed by atoms with E-state index in [1.165, 1.54) is 6.21 Å². The molecule has 86 valence electrons. The Bertz CT molecular complexity index is 666. The highest BCUT2D eigenvalue weighted by Crippen LogP contribution is 2.35. The van der Waals surface area contributed by atoms with Gasteiger partial charge in [0.05, 0.1) is 4.91 Å². The summed E-state index contributed by atoms with van der Waals surface area (Å²) in [4.78, 5) is 0.352. The SMILES string of the molecule is O=S1(=O)N=Cc2ccccc2C2=C1C=CCC2. The molecule has 1 aromatic rings. The van der Waals surface area contributed by atoms with Crippen molar-refractivity contribution in [2.24, 2.45) is 4.40 Å². The predicted octanol–water partition coefficient (Wildman–Crippen LogP) is 2.51. The molecule has 4 heteroatoms. The van der Waals surface area contributed by atoms with Crippen molar-refractivity contribution in [3.8, 4) is 0 Å². The Balaban J connectivity index is 2.38. The van der Waals surface area contributed by atoms with Crippen molar-refractivity contribution in [3.63, 3.8) is 0 Å². The molecular formula is C13H11NO2S. The summed E-state index contributed by atoms with van der Waals surface area (Å²) in [5, 5.41) is 0. The fourth-order valence-corrected chi connectivity index (χ4v) is 3.38. The molecule has 1 heterocycles. The predicted molar refractivity (Wildman–Crippen MR) is 68.2 cm³/mol. The average molecular weight is 245 g/mol. The quantitative estimate of drug-likeness (QED) is 0.705. The van der Waals surface area contributed by atoms with Gasteiger partial charge in [0.25, 0.3) is 10.0 Å². The van der Waals surface area contributed by atoms with Crippen molar-refractivity contribution < 1.29 is 8.42 Å². The Labute approximate surface area is 100 Å². The lowest BCUT2D eigenvalue weighted by molar-refractivity contribution is 0.605. The van der Waals surface area contributed by atoms with Gasteiger partial charge in [0, 0.05) is 11.8 Å². The summed E-state index contributed by atoms with van der Waals surface area (Å²) in [6.45, 7) is 0. The van der Waals surface area contributed by atoms with E-state index in [-0.39, 0.29) is 0 Å². The molecular weight excluding hydrogens is 234 g/mol. The van der Waals surface area contributed by atoms with Gasteiger partial charge >= 0.3 is 0 Å². The second kappa shape index (κ2) is 3.67. The molecule has 0 N–H and O–H groups in total. The van der Waals surface area contributed by atoms with E-state index in [1.54, 1.807) is 6.08 Å². The minimum Gasteiger partial charge on any atom is -0.199 e. The van der Waals surface area contributed by atoms with Crippen molar-refractivity contribution >= 4 is 21.8 Å². The van der Waals surface area contributed by atoms with Gasteiger partial charge in [-0.25, -0.2) is 0 Å². The molecule has 0 bridgehead atoms. The highest BCUT2D eigenvalue weighted by molar-refractivity contribution is 7.94. The van der Waals surface area contributed by atoms with E-state index in [0.717, 1.165) is 29.5 Å². The Morgan fingerprint density at radius 2 is 2.00 bits per heavy atom. The summed E-state index contributed by atoms with van der Waals surface area (Å²) in [6, 6.07) is 7.66. The molecule has 0 fully saturated rings.